The summed E-state index contributed by atoms with van der Waals surface area (Å²) >= 11 is 0. The van der Waals surface area contributed by atoms with E-state index in [1.54, 1.807) is 0 Å². The molecule has 106 valence electrons. The first-order valence-electron chi connectivity index (χ1n) is 7.59. The first kappa shape index (κ1) is 12.9. The SMILES string of the molecule is CC1(C)CC1N1CC(=O)NC(C2CCCCC2)C1=O. The van der Waals surface area contributed by atoms with Gasteiger partial charge < -0.3 is 10.2 Å². The van der Waals surface area contributed by atoms with Gasteiger partial charge in [-0.1, -0.05) is 33.1 Å². The lowest BCUT2D eigenvalue weighted by atomic mass is 9.82. The van der Waals surface area contributed by atoms with Crippen molar-refractivity contribution >= 4 is 11.8 Å². The second kappa shape index (κ2) is 4.50. The minimum absolute atomic E-state index is 0.0258. The topological polar surface area (TPSA) is 49.4 Å². The molecular weight excluding hydrogens is 240 g/mol. The zero-order valence-electron chi connectivity index (χ0n) is 11.9. The Morgan fingerprint density at radius 3 is 2.37 bits per heavy atom. The first-order valence-corrected chi connectivity index (χ1v) is 7.59. The Balaban J connectivity index is 1.73. The smallest absolute Gasteiger partial charge is 0.246 e. The second-order valence-electron chi connectivity index (χ2n) is 7.12. The number of piperazine rings is 1. The number of amides is 2. The number of nitrogens with zero attached hydrogens (tertiary/aromatic N) is 1. The highest BCUT2D eigenvalue weighted by Crippen LogP contribution is 2.49. The van der Waals surface area contributed by atoms with E-state index in [0.717, 1.165) is 19.3 Å². The lowest BCUT2D eigenvalue weighted by Gasteiger charge is -2.38. The maximum absolute atomic E-state index is 12.7. The van der Waals surface area contributed by atoms with Crippen LogP contribution in [0.15, 0.2) is 0 Å². The Hall–Kier alpha value is -1.06. The summed E-state index contributed by atoms with van der Waals surface area (Å²) in [6.07, 6.45) is 6.85. The molecule has 2 amide bonds. The fourth-order valence-corrected chi connectivity index (χ4v) is 3.71. The van der Waals surface area contributed by atoms with Crippen LogP contribution in [0.2, 0.25) is 0 Å². The third kappa shape index (κ3) is 2.37. The Morgan fingerprint density at radius 1 is 1.16 bits per heavy atom. The van der Waals surface area contributed by atoms with Gasteiger partial charge in [0.15, 0.2) is 0 Å². The molecule has 0 aromatic heterocycles. The summed E-state index contributed by atoms with van der Waals surface area (Å²) in [7, 11) is 0. The van der Waals surface area contributed by atoms with Gasteiger partial charge >= 0.3 is 0 Å². The second-order valence-corrected chi connectivity index (χ2v) is 7.12. The standard InChI is InChI=1S/C15H24N2O2/c1-15(2)8-11(15)17-9-12(18)16-13(14(17)19)10-6-4-3-5-7-10/h10-11,13H,3-9H2,1-2H3,(H,16,18). The fourth-order valence-electron chi connectivity index (χ4n) is 3.71. The van der Waals surface area contributed by atoms with Crippen LogP contribution in [0.4, 0.5) is 0 Å². The van der Waals surface area contributed by atoms with Crippen LogP contribution in [-0.4, -0.2) is 35.3 Å². The summed E-state index contributed by atoms with van der Waals surface area (Å²) in [4.78, 5) is 26.4. The summed E-state index contributed by atoms with van der Waals surface area (Å²) < 4.78 is 0. The molecule has 4 heteroatoms. The number of carbonyl (C=O) groups is 2. The number of nitrogens with one attached hydrogen (secondary N) is 1. The molecule has 1 aliphatic heterocycles. The zero-order chi connectivity index (χ0) is 13.6. The maximum Gasteiger partial charge on any atom is 0.246 e. The number of hydrogen-bond acceptors (Lipinski definition) is 2. The van der Waals surface area contributed by atoms with Crippen LogP contribution in [-0.2, 0) is 9.59 Å². The minimum atomic E-state index is -0.252. The van der Waals surface area contributed by atoms with E-state index in [4.69, 9.17) is 0 Å². The molecule has 0 spiro atoms. The van der Waals surface area contributed by atoms with Crippen molar-refractivity contribution < 1.29 is 9.59 Å². The lowest BCUT2D eigenvalue weighted by Crippen LogP contribution is -2.61. The van der Waals surface area contributed by atoms with Crippen molar-refractivity contribution in [3.63, 3.8) is 0 Å². The Kier molecular flexibility index (Phi) is 3.06. The van der Waals surface area contributed by atoms with E-state index in [9.17, 15) is 9.59 Å². The Morgan fingerprint density at radius 2 is 1.79 bits per heavy atom. The van der Waals surface area contributed by atoms with Crippen LogP contribution in [0.5, 0.6) is 0 Å². The lowest BCUT2D eigenvalue weighted by molar-refractivity contribution is -0.147. The molecule has 19 heavy (non-hydrogen) atoms. The molecule has 1 N–H and O–H groups in total. The Labute approximate surface area is 114 Å². The molecule has 0 aromatic rings. The molecule has 2 atom stereocenters. The largest absolute Gasteiger partial charge is 0.342 e. The van der Waals surface area contributed by atoms with Crippen LogP contribution >= 0.6 is 0 Å². The number of rotatable bonds is 2. The van der Waals surface area contributed by atoms with Gasteiger partial charge in [-0.05, 0) is 30.6 Å². The average molecular weight is 264 g/mol. The van der Waals surface area contributed by atoms with E-state index in [0.29, 0.717) is 5.92 Å². The molecule has 3 rings (SSSR count). The van der Waals surface area contributed by atoms with Gasteiger partial charge in [0.2, 0.25) is 11.8 Å². The van der Waals surface area contributed by atoms with Crippen molar-refractivity contribution in [2.75, 3.05) is 6.54 Å². The Bertz CT molecular complexity index is 399. The summed E-state index contributed by atoms with van der Waals surface area (Å²) in [5.74, 6) is 0.551. The van der Waals surface area contributed by atoms with Crippen LogP contribution < -0.4 is 5.32 Å². The van der Waals surface area contributed by atoms with Crippen molar-refractivity contribution in [1.29, 1.82) is 0 Å². The third-order valence-electron chi connectivity index (χ3n) is 5.14. The highest BCUT2D eigenvalue weighted by molar-refractivity contribution is 5.95. The molecular formula is C15H24N2O2. The predicted octanol–water partition coefficient (Wildman–Crippen LogP) is 1.69. The maximum atomic E-state index is 12.7. The van der Waals surface area contributed by atoms with Gasteiger partial charge in [-0.3, -0.25) is 9.59 Å². The molecule has 0 bridgehead atoms. The third-order valence-corrected chi connectivity index (χ3v) is 5.14. The van der Waals surface area contributed by atoms with Crippen molar-refractivity contribution in [3.05, 3.63) is 0 Å². The van der Waals surface area contributed by atoms with Gasteiger partial charge in [-0.25, -0.2) is 0 Å². The van der Waals surface area contributed by atoms with Crippen molar-refractivity contribution in [1.82, 2.24) is 10.2 Å². The molecule has 3 fully saturated rings. The minimum Gasteiger partial charge on any atom is -0.342 e. The molecule has 0 aromatic carbocycles. The van der Waals surface area contributed by atoms with E-state index in [1.807, 2.05) is 4.90 Å². The molecule has 2 aliphatic carbocycles. The van der Waals surface area contributed by atoms with Crippen LogP contribution in [0.3, 0.4) is 0 Å². The normalized spacial score (nSPS) is 35.2. The molecule has 1 saturated heterocycles. The fraction of sp³-hybridized carbons (Fsp3) is 0.867. The van der Waals surface area contributed by atoms with Crippen molar-refractivity contribution in [3.8, 4) is 0 Å². The summed E-state index contributed by atoms with van der Waals surface area (Å²) in [6, 6.07) is 0.0232. The zero-order valence-corrected chi connectivity index (χ0v) is 11.9. The van der Waals surface area contributed by atoms with Gasteiger partial charge in [0.25, 0.3) is 0 Å². The molecule has 3 aliphatic rings. The van der Waals surface area contributed by atoms with Gasteiger partial charge in [0.05, 0.1) is 6.54 Å². The summed E-state index contributed by atoms with van der Waals surface area (Å²) in [6.45, 7) is 4.61. The monoisotopic (exact) mass is 264 g/mol. The highest BCUT2D eigenvalue weighted by atomic mass is 16.2. The van der Waals surface area contributed by atoms with E-state index >= 15 is 0 Å². The summed E-state index contributed by atoms with van der Waals surface area (Å²) in [5.41, 5.74) is 0.199. The quantitative estimate of drug-likeness (QED) is 0.825. The van der Waals surface area contributed by atoms with Gasteiger partial charge in [0, 0.05) is 6.04 Å². The van der Waals surface area contributed by atoms with E-state index < -0.39 is 0 Å². The molecule has 2 unspecified atom stereocenters. The highest BCUT2D eigenvalue weighted by Gasteiger charge is 2.54. The van der Waals surface area contributed by atoms with Crippen molar-refractivity contribution in [2.45, 2.75) is 64.5 Å². The van der Waals surface area contributed by atoms with E-state index in [-0.39, 0.29) is 35.9 Å². The summed E-state index contributed by atoms with van der Waals surface area (Å²) in [5, 5.41) is 2.95. The van der Waals surface area contributed by atoms with Gasteiger partial charge in [-0.2, -0.15) is 0 Å². The predicted molar refractivity (Wildman–Crippen MR) is 72.4 cm³/mol. The number of carbonyl (C=O) groups excluding carboxylic acids is 2. The van der Waals surface area contributed by atoms with Crippen LogP contribution in [0.25, 0.3) is 0 Å². The average Bonchev–Trinajstić information content (AvgIpc) is 3.02. The first-order chi connectivity index (χ1) is 8.99. The molecule has 2 saturated carbocycles. The van der Waals surface area contributed by atoms with Crippen LogP contribution in [0, 0.1) is 11.3 Å². The molecule has 1 heterocycles. The van der Waals surface area contributed by atoms with Crippen molar-refractivity contribution in [2.24, 2.45) is 11.3 Å². The van der Waals surface area contributed by atoms with Gasteiger partial charge in [0.1, 0.15) is 6.04 Å². The van der Waals surface area contributed by atoms with Gasteiger partial charge in [-0.15, -0.1) is 0 Å². The van der Waals surface area contributed by atoms with E-state index in [2.05, 4.69) is 19.2 Å². The van der Waals surface area contributed by atoms with Crippen LogP contribution in [0.1, 0.15) is 52.4 Å². The van der Waals surface area contributed by atoms with E-state index in [1.165, 1.54) is 19.3 Å². The molecule has 0 radical (unpaired) electrons. The number of hydrogen-bond donors (Lipinski definition) is 1. The molecule has 4 nitrogen and oxygen atoms in total.